The number of Topliss-reactive ketones (excluding diaryl/α,β-unsaturated/α-hetero) is 1. The number of amides is 1. The first-order valence-corrected chi connectivity index (χ1v) is 11.4. The maximum Gasteiger partial charge on any atom is 0.276 e. The second-order valence-corrected chi connectivity index (χ2v) is 7.12. The number of ketones is 1. The van der Waals surface area contributed by atoms with Crippen LogP contribution in [0.1, 0.15) is 34.6 Å². The first-order chi connectivity index (χ1) is 16.4. The lowest BCUT2D eigenvalue weighted by Gasteiger charge is -2.22. The highest BCUT2D eigenvalue weighted by atomic mass is 35.5. The zero-order chi connectivity index (χ0) is 25.1. The maximum absolute atomic E-state index is 13.3. The lowest BCUT2D eigenvalue weighted by Crippen LogP contribution is -2.36. The summed E-state index contributed by atoms with van der Waals surface area (Å²) in [5.74, 6) is 0.133. The van der Waals surface area contributed by atoms with Crippen LogP contribution < -0.4 is 23.4 Å². The highest BCUT2D eigenvalue weighted by molar-refractivity contribution is 6.39. The smallest absolute Gasteiger partial charge is 0.276 e. The number of azo groups is 1. The molecule has 0 aliphatic carbocycles. The fourth-order valence-corrected chi connectivity index (χ4v) is 3.28. The minimum Gasteiger partial charge on any atom is -0.491 e. The number of ether oxygens (including phenoxy) is 4. The molecule has 10 heteroatoms. The van der Waals surface area contributed by atoms with Crippen LogP contribution in [-0.2, 0) is 9.59 Å². The molecule has 0 saturated carbocycles. The van der Waals surface area contributed by atoms with Crippen molar-refractivity contribution < 1.29 is 28.5 Å². The Kier molecular flexibility index (Phi) is 10.6. The predicted octanol–water partition coefficient (Wildman–Crippen LogP) is 5.51. The van der Waals surface area contributed by atoms with E-state index in [1.54, 1.807) is 50.2 Å². The maximum atomic E-state index is 13.3. The normalized spacial score (nSPS) is 11.7. The Hall–Kier alpha value is -3.33. The number of carbonyl (C=O) groups excluding carboxylic acids is 2. The van der Waals surface area contributed by atoms with Crippen LogP contribution in [0.3, 0.4) is 0 Å². The van der Waals surface area contributed by atoms with Crippen LogP contribution in [0.4, 0.5) is 11.4 Å². The van der Waals surface area contributed by atoms with Gasteiger partial charge in [-0.1, -0.05) is 12.1 Å². The average Bonchev–Trinajstić information content (AvgIpc) is 2.81. The van der Waals surface area contributed by atoms with Gasteiger partial charge in [-0.15, -0.1) is 5.11 Å². The average molecular weight is 492 g/mol. The van der Waals surface area contributed by atoms with Gasteiger partial charge in [0, 0.05) is 11.8 Å². The van der Waals surface area contributed by atoms with Crippen molar-refractivity contribution in [1.82, 2.24) is 0 Å². The van der Waals surface area contributed by atoms with Crippen molar-refractivity contribution in [2.45, 2.75) is 40.7 Å². The molecule has 1 amide bonds. The summed E-state index contributed by atoms with van der Waals surface area (Å²) in [5.41, 5.74) is 0.458. The summed E-state index contributed by atoms with van der Waals surface area (Å²) in [4.78, 5) is 25.7. The number of hydrogen-bond donors (Lipinski definition) is 0. The predicted molar refractivity (Wildman–Crippen MR) is 130 cm³/mol. The minimum atomic E-state index is -1.51. The van der Waals surface area contributed by atoms with E-state index in [1.807, 2.05) is 13.8 Å². The van der Waals surface area contributed by atoms with Gasteiger partial charge >= 0.3 is 0 Å². The number of anilines is 1. The second kappa shape index (κ2) is 13.4. The molecule has 0 bridgehead atoms. The molecule has 2 rings (SSSR count). The summed E-state index contributed by atoms with van der Waals surface area (Å²) in [5, 5.41) is 8.20. The molecule has 9 nitrogen and oxygen atoms in total. The molecule has 0 radical (unpaired) electrons. The Balaban J connectivity index is 2.47. The van der Waals surface area contributed by atoms with Gasteiger partial charge in [-0.25, -0.2) is 4.42 Å². The molecule has 0 aromatic heterocycles. The van der Waals surface area contributed by atoms with Crippen molar-refractivity contribution in [1.29, 1.82) is 0 Å². The van der Waals surface area contributed by atoms with Crippen molar-refractivity contribution in [2.75, 3.05) is 30.8 Å². The van der Waals surface area contributed by atoms with E-state index in [2.05, 4.69) is 10.2 Å². The molecule has 1 atom stereocenters. The van der Waals surface area contributed by atoms with Crippen LogP contribution in [0.2, 0.25) is 0 Å². The van der Waals surface area contributed by atoms with Crippen LogP contribution in [0.5, 0.6) is 23.0 Å². The van der Waals surface area contributed by atoms with E-state index in [9.17, 15) is 9.59 Å². The number of rotatable bonds is 13. The van der Waals surface area contributed by atoms with Gasteiger partial charge in [-0.05, 0) is 58.9 Å². The van der Waals surface area contributed by atoms with Gasteiger partial charge in [0.05, 0.1) is 26.4 Å². The largest absolute Gasteiger partial charge is 0.491 e. The molecule has 1 unspecified atom stereocenters. The molecule has 34 heavy (non-hydrogen) atoms. The summed E-state index contributed by atoms with van der Waals surface area (Å²) < 4.78 is 23.2. The Morgan fingerprint density at radius 3 is 1.65 bits per heavy atom. The summed E-state index contributed by atoms with van der Waals surface area (Å²) >= 11 is 6.44. The highest BCUT2D eigenvalue weighted by Gasteiger charge is 2.32. The topological polar surface area (TPSA) is 99.0 Å². The summed E-state index contributed by atoms with van der Waals surface area (Å²) in [6, 6.07) is 8.67. The third-order valence-electron chi connectivity index (χ3n) is 4.41. The zero-order valence-electron chi connectivity index (χ0n) is 20.0. The summed E-state index contributed by atoms with van der Waals surface area (Å²) in [6.45, 7) is 9.94. The van der Waals surface area contributed by atoms with Crippen LogP contribution in [-0.4, -0.2) is 44.2 Å². The van der Waals surface area contributed by atoms with Crippen LogP contribution >= 0.6 is 11.8 Å². The van der Waals surface area contributed by atoms with Crippen molar-refractivity contribution in [3.05, 3.63) is 36.4 Å². The Morgan fingerprint density at radius 1 is 0.824 bits per heavy atom. The third kappa shape index (κ3) is 6.60. The SMILES string of the molecule is CCOc1cccc(OCC)c1N=NC(C(C)=O)C(=O)N(Cl)c1c(OCC)cccc1OCC. The molecular weight excluding hydrogens is 462 g/mol. The molecular formula is C24H30ClN3O6. The molecule has 0 spiro atoms. The fourth-order valence-electron chi connectivity index (χ4n) is 3.02. The Morgan fingerprint density at radius 2 is 1.24 bits per heavy atom. The molecule has 2 aromatic carbocycles. The number of benzene rings is 2. The number of carbonyl (C=O) groups is 2. The van der Waals surface area contributed by atoms with Crippen molar-refractivity contribution in [3.8, 4) is 23.0 Å². The van der Waals surface area contributed by atoms with Gasteiger partial charge in [-0.3, -0.25) is 9.59 Å². The van der Waals surface area contributed by atoms with Gasteiger partial charge in [0.15, 0.2) is 23.0 Å². The fraction of sp³-hybridized carbons (Fsp3) is 0.417. The minimum absolute atomic E-state index is 0.184. The van der Waals surface area contributed by atoms with E-state index in [0.29, 0.717) is 49.4 Å². The van der Waals surface area contributed by atoms with Crippen molar-refractivity contribution >= 4 is 34.8 Å². The van der Waals surface area contributed by atoms with E-state index < -0.39 is 17.7 Å². The molecule has 0 heterocycles. The lowest BCUT2D eigenvalue weighted by molar-refractivity contribution is -0.126. The summed E-state index contributed by atoms with van der Waals surface area (Å²) in [6.07, 6.45) is 0. The van der Waals surface area contributed by atoms with Crippen LogP contribution in [0.15, 0.2) is 46.6 Å². The van der Waals surface area contributed by atoms with Gasteiger partial charge in [0.1, 0.15) is 17.2 Å². The monoisotopic (exact) mass is 491 g/mol. The quantitative estimate of drug-likeness (QED) is 0.208. The molecule has 0 aliphatic heterocycles. The van der Waals surface area contributed by atoms with Gasteiger partial charge in [0.25, 0.3) is 5.91 Å². The summed E-state index contributed by atoms with van der Waals surface area (Å²) in [7, 11) is 0. The Bertz CT molecular complexity index is 966. The second-order valence-electron chi connectivity index (χ2n) is 6.79. The van der Waals surface area contributed by atoms with Crippen molar-refractivity contribution in [3.63, 3.8) is 0 Å². The van der Waals surface area contributed by atoms with E-state index >= 15 is 0 Å². The number of hydrogen-bond acceptors (Lipinski definition) is 8. The molecule has 0 N–H and O–H groups in total. The molecule has 2 aromatic rings. The van der Waals surface area contributed by atoms with Gasteiger partial charge < -0.3 is 18.9 Å². The molecule has 0 saturated heterocycles. The molecule has 0 aliphatic rings. The Labute approximate surface area is 204 Å². The first-order valence-electron chi connectivity index (χ1n) is 11.1. The standard InChI is InChI=1S/C24H30ClN3O6/c1-6-31-17-12-10-13-18(32-7-2)22(17)27-26-21(16(5)29)24(30)28(25)23-19(33-8-3)14-11-15-20(23)34-9-4/h10-15,21H,6-9H2,1-5H3. The van der Waals surface area contributed by atoms with E-state index in [1.165, 1.54) is 6.92 Å². The van der Waals surface area contributed by atoms with Crippen LogP contribution in [0.25, 0.3) is 0 Å². The number of para-hydroxylation sites is 1. The zero-order valence-corrected chi connectivity index (χ0v) is 20.8. The van der Waals surface area contributed by atoms with E-state index in [0.717, 1.165) is 4.42 Å². The van der Waals surface area contributed by atoms with Gasteiger partial charge in [-0.2, -0.15) is 5.11 Å². The number of halogens is 1. The van der Waals surface area contributed by atoms with Crippen LogP contribution in [0, 0.1) is 0 Å². The van der Waals surface area contributed by atoms with E-state index in [4.69, 9.17) is 30.7 Å². The van der Waals surface area contributed by atoms with E-state index in [-0.39, 0.29) is 11.4 Å². The highest BCUT2D eigenvalue weighted by Crippen LogP contribution is 2.41. The third-order valence-corrected chi connectivity index (χ3v) is 4.74. The van der Waals surface area contributed by atoms with Gasteiger partial charge in [0.2, 0.25) is 6.04 Å². The molecule has 0 fully saturated rings. The lowest BCUT2D eigenvalue weighted by atomic mass is 10.2. The van der Waals surface area contributed by atoms with Crippen molar-refractivity contribution in [2.24, 2.45) is 10.2 Å². The first kappa shape index (κ1) is 26.9. The molecule has 184 valence electrons. The number of nitrogens with zero attached hydrogens (tertiary/aromatic N) is 3.